The van der Waals surface area contributed by atoms with Gasteiger partial charge < -0.3 is 29.3 Å². The molecule has 1 heterocycles. The molecule has 0 saturated heterocycles. The summed E-state index contributed by atoms with van der Waals surface area (Å²) in [7, 11) is 4.59. The first-order valence-electron chi connectivity index (χ1n) is 9.83. The Kier molecular flexibility index (Phi) is 22.7. The van der Waals surface area contributed by atoms with Crippen LogP contribution < -0.4 is 29.4 Å². The van der Waals surface area contributed by atoms with Gasteiger partial charge in [0.15, 0.2) is 12.4 Å². The van der Waals surface area contributed by atoms with Gasteiger partial charge in [-0.25, -0.2) is 4.79 Å². The third-order valence-electron chi connectivity index (χ3n) is 4.32. The van der Waals surface area contributed by atoms with Crippen LogP contribution in [-0.4, -0.2) is 37.6 Å². The van der Waals surface area contributed by atoms with Gasteiger partial charge in [0.05, 0.1) is 34.1 Å². The lowest BCUT2D eigenvalue weighted by Crippen LogP contribution is -3.00. The average Bonchev–Trinajstić information content (AvgIpc) is 2.58. The van der Waals surface area contributed by atoms with Gasteiger partial charge in [-0.3, -0.25) is 0 Å². The summed E-state index contributed by atoms with van der Waals surface area (Å²) < 4.78 is 2.62. The van der Waals surface area contributed by atoms with Gasteiger partial charge in [0.2, 0.25) is 0 Å². The summed E-state index contributed by atoms with van der Waals surface area (Å²) in [6, 6.07) is 5.52. The lowest BCUT2D eigenvalue weighted by atomic mass is 10.1. The number of hydrogen-bond acceptors (Lipinski definition) is 1. The summed E-state index contributed by atoms with van der Waals surface area (Å²) in [6.45, 7) is 10.0. The third-order valence-corrected chi connectivity index (χ3v) is 4.32. The average molecular weight is 419 g/mol. The summed E-state index contributed by atoms with van der Waals surface area (Å²) in [4.78, 5) is 10.6. The van der Waals surface area contributed by atoms with E-state index in [9.17, 15) is 4.79 Å². The standard InChI is InChI=1S/C15H32N.C7H8NO.2ClH/c1-5-7-8-9-10-11-12-13-15-16(3,4)14-6-2;1-7(9)8-5-3-2-4-6-8;;/h6H,2,5,7-15H2,1,3-4H3;2-6H,1H3;2*1H/q2*+1;;/p-2. The van der Waals surface area contributed by atoms with Gasteiger partial charge in [0.25, 0.3) is 0 Å². The Balaban J connectivity index is -0.000000447. The number of halogens is 2. The Bertz CT molecular complexity index is 465. The minimum Gasteiger partial charge on any atom is -1.00 e. The maximum absolute atomic E-state index is 10.6. The monoisotopic (exact) mass is 418 g/mol. The summed E-state index contributed by atoms with van der Waals surface area (Å²) in [6.07, 6.45) is 16.8. The molecule has 0 amide bonds. The molecule has 0 aromatic carbocycles. The van der Waals surface area contributed by atoms with Crippen LogP contribution in [0.15, 0.2) is 43.2 Å². The Morgan fingerprint density at radius 2 is 1.41 bits per heavy atom. The number of rotatable bonds is 11. The van der Waals surface area contributed by atoms with E-state index in [0.29, 0.717) is 0 Å². The first kappa shape index (κ1) is 30.8. The molecule has 5 heteroatoms. The van der Waals surface area contributed by atoms with Crippen molar-refractivity contribution in [1.82, 2.24) is 0 Å². The molecule has 0 aliphatic heterocycles. The Morgan fingerprint density at radius 1 is 0.926 bits per heavy atom. The molecule has 0 radical (unpaired) electrons. The topological polar surface area (TPSA) is 20.9 Å². The normalized spacial score (nSPS) is 9.93. The van der Waals surface area contributed by atoms with Crippen molar-refractivity contribution in [2.24, 2.45) is 0 Å². The van der Waals surface area contributed by atoms with E-state index in [4.69, 9.17) is 0 Å². The highest BCUT2D eigenvalue weighted by atomic mass is 35.5. The van der Waals surface area contributed by atoms with Gasteiger partial charge in [-0.05, 0) is 18.9 Å². The fraction of sp³-hybridized carbons (Fsp3) is 0.636. The van der Waals surface area contributed by atoms with Crippen molar-refractivity contribution < 1.29 is 38.7 Å². The van der Waals surface area contributed by atoms with Crippen LogP contribution in [0.25, 0.3) is 0 Å². The minimum atomic E-state index is 0. The number of hydrogen-bond donors (Lipinski definition) is 0. The SMILES string of the molecule is C=CC[N+](C)(C)CCCCCCCCCC.CC(=O)[n+]1ccccc1.[Cl-].[Cl-]. The van der Waals surface area contributed by atoms with Crippen LogP contribution in [0, 0.1) is 0 Å². The van der Waals surface area contributed by atoms with Crippen molar-refractivity contribution in [1.29, 1.82) is 0 Å². The van der Waals surface area contributed by atoms with E-state index in [0.717, 1.165) is 11.0 Å². The van der Waals surface area contributed by atoms with E-state index in [1.54, 1.807) is 12.4 Å². The molecular weight excluding hydrogens is 379 g/mol. The van der Waals surface area contributed by atoms with Crippen LogP contribution in [0.2, 0.25) is 0 Å². The lowest BCUT2D eigenvalue weighted by Gasteiger charge is -2.28. The number of aromatic nitrogens is 1. The second-order valence-corrected chi connectivity index (χ2v) is 7.41. The Hall–Kier alpha value is -0.900. The molecule has 0 spiro atoms. The van der Waals surface area contributed by atoms with Crippen LogP contribution >= 0.6 is 0 Å². The highest BCUT2D eigenvalue weighted by Gasteiger charge is 2.10. The van der Waals surface area contributed by atoms with Crippen molar-refractivity contribution in [2.45, 2.75) is 65.2 Å². The van der Waals surface area contributed by atoms with E-state index in [1.165, 1.54) is 69.4 Å². The van der Waals surface area contributed by atoms with Crippen LogP contribution in [0.3, 0.4) is 0 Å². The summed E-state index contributed by atoms with van der Waals surface area (Å²) in [5.74, 6) is 0.0376. The minimum absolute atomic E-state index is 0. The number of unbranched alkanes of at least 4 members (excludes halogenated alkanes) is 7. The zero-order chi connectivity index (χ0) is 19.0. The largest absolute Gasteiger partial charge is 1.00 e. The predicted octanol–water partition coefficient (Wildman–Crippen LogP) is -0.968. The quantitative estimate of drug-likeness (QED) is 0.196. The van der Waals surface area contributed by atoms with E-state index in [2.05, 4.69) is 27.6 Å². The molecular formula is C22H40Cl2N2O. The molecule has 0 unspecified atom stereocenters. The van der Waals surface area contributed by atoms with E-state index in [1.807, 2.05) is 24.3 Å². The fourth-order valence-corrected chi connectivity index (χ4v) is 2.72. The van der Waals surface area contributed by atoms with Gasteiger partial charge in [-0.1, -0.05) is 58.1 Å². The van der Waals surface area contributed by atoms with E-state index in [-0.39, 0.29) is 30.7 Å². The fourth-order valence-electron chi connectivity index (χ4n) is 2.72. The van der Waals surface area contributed by atoms with Gasteiger partial charge >= 0.3 is 5.91 Å². The maximum atomic E-state index is 10.6. The molecule has 0 bridgehead atoms. The molecule has 0 N–H and O–H groups in total. The molecule has 1 rings (SSSR count). The van der Waals surface area contributed by atoms with Gasteiger partial charge in [-0.2, -0.15) is 0 Å². The summed E-state index contributed by atoms with van der Waals surface area (Å²) >= 11 is 0. The van der Waals surface area contributed by atoms with Gasteiger partial charge in [-0.15, -0.1) is 4.57 Å². The highest BCUT2D eigenvalue weighted by Crippen LogP contribution is 2.10. The Morgan fingerprint density at radius 3 is 1.81 bits per heavy atom. The zero-order valence-electron chi connectivity index (χ0n) is 17.8. The number of carbonyl (C=O) groups excluding carboxylic acids is 1. The van der Waals surface area contributed by atoms with E-state index < -0.39 is 0 Å². The number of likely N-dealkylation sites (N-methyl/N-ethyl adjacent to an activating group) is 1. The van der Waals surface area contributed by atoms with Crippen molar-refractivity contribution in [2.75, 3.05) is 27.2 Å². The van der Waals surface area contributed by atoms with Crippen molar-refractivity contribution >= 4 is 5.91 Å². The molecule has 0 aliphatic rings. The molecule has 27 heavy (non-hydrogen) atoms. The number of carbonyl (C=O) groups is 1. The predicted molar refractivity (Wildman–Crippen MR) is 108 cm³/mol. The molecule has 1 aromatic heterocycles. The summed E-state index contributed by atoms with van der Waals surface area (Å²) in [5, 5.41) is 0. The van der Waals surface area contributed by atoms with Crippen molar-refractivity contribution in [3.63, 3.8) is 0 Å². The Labute approximate surface area is 180 Å². The van der Waals surface area contributed by atoms with Crippen molar-refractivity contribution in [3.05, 3.63) is 43.2 Å². The van der Waals surface area contributed by atoms with Gasteiger partial charge in [0.1, 0.15) is 0 Å². The molecule has 0 saturated carbocycles. The zero-order valence-corrected chi connectivity index (χ0v) is 19.3. The summed E-state index contributed by atoms with van der Waals surface area (Å²) in [5.41, 5.74) is 0. The molecule has 0 atom stereocenters. The molecule has 1 aromatic rings. The first-order valence-corrected chi connectivity index (χ1v) is 9.83. The van der Waals surface area contributed by atoms with Crippen LogP contribution in [-0.2, 0) is 0 Å². The maximum Gasteiger partial charge on any atom is 0.389 e. The smallest absolute Gasteiger partial charge is 0.389 e. The molecule has 158 valence electrons. The number of nitrogens with zero attached hydrogens (tertiary/aromatic N) is 2. The highest BCUT2D eigenvalue weighted by molar-refractivity contribution is 5.62. The molecule has 3 nitrogen and oxygen atoms in total. The second-order valence-electron chi connectivity index (χ2n) is 7.41. The third kappa shape index (κ3) is 19.7. The van der Waals surface area contributed by atoms with Crippen molar-refractivity contribution in [3.8, 4) is 0 Å². The first-order chi connectivity index (χ1) is 11.9. The van der Waals surface area contributed by atoms with Gasteiger partial charge in [0, 0.05) is 12.1 Å². The van der Waals surface area contributed by atoms with Crippen LogP contribution in [0.5, 0.6) is 0 Å². The van der Waals surface area contributed by atoms with E-state index >= 15 is 0 Å². The molecule has 0 aliphatic carbocycles. The lowest BCUT2D eigenvalue weighted by molar-refractivity contribution is -0.884. The number of pyridine rings is 1. The van der Waals surface area contributed by atoms with Crippen LogP contribution in [0.4, 0.5) is 0 Å². The molecule has 0 fully saturated rings. The number of quaternary nitrogens is 1. The second kappa shape index (κ2) is 19.9. The van der Waals surface area contributed by atoms with Crippen LogP contribution in [0.1, 0.15) is 70.0 Å².